The van der Waals surface area contributed by atoms with Gasteiger partial charge in [-0.25, -0.2) is 4.79 Å². The van der Waals surface area contributed by atoms with Crippen LogP contribution in [0.5, 0.6) is 0 Å². The second kappa shape index (κ2) is 12.4. The predicted molar refractivity (Wildman–Crippen MR) is 95.2 cm³/mol. The summed E-state index contributed by atoms with van der Waals surface area (Å²) in [6.45, 7) is 0.389. The summed E-state index contributed by atoms with van der Waals surface area (Å²) < 4.78 is 0. The van der Waals surface area contributed by atoms with Gasteiger partial charge in [-0.15, -0.1) is 0 Å². The molecule has 0 fully saturated rings. The number of carboxylic acid groups (broad SMARTS) is 1. The number of amides is 3. The first-order valence-electron chi connectivity index (χ1n) is 8.10. The van der Waals surface area contributed by atoms with Gasteiger partial charge in [-0.3, -0.25) is 19.4 Å². The van der Waals surface area contributed by atoms with Crippen LogP contribution in [0.2, 0.25) is 0 Å². The molecule has 0 bridgehead atoms. The lowest BCUT2D eigenvalue weighted by molar-refractivity contribution is -0.143. The molecular weight excluding hydrogens is 362 g/mol. The standard InChI is InChI=1S/C14H27N7O6/c1-7(15)11(24)19-5-10(23)20-8(3-2-4-18-14(16)17)12(25)21-9(6-22)13(26)27/h7-9,22H,2-6,15H2,1H3,(H,19,24)(H,20,23)(H,21,25)(H,26,27)(H4,16,17,18). The summed E-state index contributed by atoms with van der Waals surface area (Å²) >= 11 is 0. The van der Waals surface area contributed by atoms with Gasteiger partial charge >= 0.3 is 5.97 Å². The topological polar surface area (TPSA) is 235 Å². The second-order valence-corrected chi connectivity index (χ2v) is 5.66. The van der Waals surface area contributed by atoms with E-state index in [1.807, 2.05) is 0 Å². The Bertz CT molecular complexity index is 562. The van der Waals surface area contributed by atoms with E-state index in [1.54, 1.807) is 0 Å². The van der Waals surface area contributed by atoms with Gasteiger partial charge in [0.2, 0.25) is 17.7 Å². The van der Waals surface area contributed by atoms with Crippen molar-refractivity contribution in [2.75, 3.05) is 19.7 Å². The maximum Gasteiger partial charge on any atom is 0.328 e. The number of nitrogens with one attached hydrogen (secondary N) is 3. The van der Waals surface area contributed by atoms with Crippen molar-refractivity contribution in [1.82, 2.24) is 16.0 Å². The third-order valence-electron chi connectivity index (χ3n) is 3.23. The quantitative estimate of drug-likeness (QED) is 0.0911. The Morgan fingerprint density at radius 1 is 1.07 bits per heavy atom. The fraction of sp³-hybridized carbons (Fsp3) is 0.643. The van der Waals surface area contributed by atoms with Gasteiger partial charge < -0.3 is 43.4 Å². The molecule has 0 aromatic rings. The molecule has 0 aliphatic heterocycles. The molecule has 0 aromatic carbocycles. The van der Waals surface area contributed by atoms with Crippen molar-refractivity contribution >= 4 is 29.7 Å². The molecule has 0 saturated carbocycles. The maximum absolute atomic E-state index is 12.2. The van der Waals surface area contributed by atoms with Gasteiger partial charge in [0.05, 0.1) is 19.2 Å². The Balaban J connectivity index is 4.87. The number of nitrogens with zero attached hydrogens (tertiary/aromatic N) is 1. The molecule has 3 unspecified atom stereocenters. The Hall–Kier alpha value is -2.93. The van der Waals surface area contributed by atoms with Crippen molar-refractivity contribution in [3.63, 3.8) is 0 Å². The number of rotatable bonds is 12. The first kappa shape index (κ1) is 24.1. The largest absolute Gasteiger partial charge is 0.480 e. The number of aliphatic carboxylic acids is 1. The Morgan fingerprint density at radius 3 is 2.19 bits per heavy atom. The average Bonchev–Trinajstić information content (AvgIpc) is 2.59. The number of aliphatic imine (C=N–C) groups is 1. The van der Waals surface area contributed by atoms with Crippen LogP contribution in [0.15, 0.2) is 4.99 Å². The summed E-state index contributed by atoms with van der Waals surface area (Å²) in [5, 5.41) is 24.7. The molecule has 0 spiro atoms. The molecule has 0 aliphatic rings. The van der Waals surface area contributed by atoms with E-state index in [0.717, 1.165) is 0 Å². The zero-order valence-corrected chi connectivity index (χ0v) is 15.0. The van der Waals surface area contributed by atoms with Crippen LogP contribution >= 0.6 is 0 Å². The summed E-state index contributed by atoms with van der Waals surface area (Å²) in [4.78, 5) is 50.2. The summed E-state index contributed by atoms with van der Waals surface area (Å²) in [5.74, 6) is -3.61. The molecule has 3 atom stereocenters. The number of aliphatic hydroxyl groups excluding tert-OH is 1. The van der Waals surface area contributed by atoms with E-state index in [-0.39, 0.29) is 18.9 Å². The van der Waals surface area contributed by atoms with Crippen LogP contribution < -0.4 is 33.2 Å². The Morgan fingerprint density at radius 2 is 1.70 bits per heavy atom. The van der Waals surface area contributed by atoms with Gasteiger partial charge in [0.25, 0.3) is 0 Å². The molecule has 27 heavy (non-hydrogen) atoms. The second-order valence-electron chi connectivity index (χ2n) is 5.66. The van der Waals surface area contributed by atoms with Crippen molar-refractivity contribution in [2.24, 2.45) is 22.2 Å². The van der Waals surface area contributed by atoms with Crippen molar-refractivity contribution in [1.29, 1.82) is 0 Å². The zero-order valence-electron chi connectivity index (χ0n) is 15.0. The number of carbonyl (C=O) groups is 4. The third kappa shape index (κ3) is 10.6. The normalized spacial score (nSPS) is 13.6. The highest BCUT2D eigenvalue weighted by Gasteiger charge is 2.26. The van der Waals surface area contributed by atoms with Crippen LogP contribution in [0.25, 0.3) is 0 Å². The van der Waals surface area contributed by atoms with E-state index in [2.05, 4.69) is 20.9 Å². The molecule has 0 rings (SSSR count). The molecule has 11 N–H and O–H groups in total. The van der Waals surface area contributed by atoms with E-state index in [0.29, 0.717) is 6.42 Å². The molecular formula is C14H27N7O6. The first-order chi connectivity index (χ1) is 12.6. The average molecular weight is 389 g/mol. The van der Waals surface area contributed by atoms with Gasteiger partial charge in [0, 0.05) is 6.54 Å². The highest BCUT2D eigenvalue weighted by Crippen LogP contribution is 2.00. The van der Waals surface area contributed by atoms with Gasteiger partial charge in [-0.05, 0) is 19.8 Å². The van der Waals surface area contributed by atoms with E-state index < -0.39 is 55.0 Å². The molecule has 3 amide bonds. The van der Waals surface area contributed by atoms with E-state index in [1.165, 1.54) is 6.92 Å². The molecule has 0 heterocycles. The monoisotopic (exact) mass is 389 g/mol. The molecule has 0 saturated heterocycles. The van der Waals surface area contributed by atoms with Crippen LogP contribution in [-0.4, -0.2) is 77.7 Å². The molecule has 154 valence electrons. The van der Waals surface area contributed by atoms with Gasteiger partial charge in [-0.1, -0.05) is 0 Å². The predicted octanol–water partition coefficient (Wildman–Crippen LogP) is -4.45. The fourth-order valence-electron chi connectivity index (χ4n) is 1.80. The van der Waals surface area contributed by atoms with Crippen molar-refractivity contribution in [3.8, 4) is 0 Å². The minimum absolute atomic E-state index is 0.0906. The summed E-state index contributed by atoms with van der Waals surface area (Å²) in [6, 6.07) is -3.45. The van der Waals surface area contributed by atoms with Crippen LogP contribution in [0, 0.1) is 0 Å². The molecule has 0 aromatic heterocycles. The van der Waals surface area contributed by atoms with Crippen LogP contribution in [-0.2, 0) is 19.2 Å². The van der Waals surface area contributed by atoms with Crippen molar-refractivity contribution in [3.05, 3.63) is 0 Å². The van der Waals surface area contributed by atoms with Crippen LogP contribution in [0.3, 0.4) is 0 Å². The van der Waals surface area contributed by atoms with Crippen molar-refractivity contribution in [2.45, 2.75) is 37.9 Å². The number of hydrogen-bond donors (Lipinski definition) is 8. The number of carbonyl (C=O) groups excluding carboxylic acids is 3. The minimum atomic E-state index is -1.52. The molecule has 13 nitrogen and oxygen atoms in total. The highest BCUT2D eigenvalue weighted by molar-refractivity contribution is 5.92. The van der Waals surface area contributed by atoms with Crippen LogP contribution in [0.4, 0.5) is 0 Å². The summed E-state index contributed by atoms with van der Waals surface area (Å²) in [7, 11) is 0. The minimum Gasteiger partial charge on any atom is -0.480 e. The van der Waals surface area contributed by atoms with Gasteiger partial charge in [-0.2, -0.15) is 0 Å². The Kier molecular flexibility index (Phi) is 11.1. The SMILES string of the molecule is CC(N)C(=O)NCC(=O)NC(CCCN=C(N)N)C(=O)NC(CO)C(=O)O. The number of carboxylic acids is 1. The highest BCUT2D eigenvalue weighted by atomic mass is 16.4. The lowest BCUT2D eigenvalue weighted by Gasteiger charge is -2.20. The number of nitrogens with two attached hydrogens (primary N) is 3. The lowest BCUT2D eigenvalue weighted by atomic mass is 10.1. The third-order valence-corrected chi connectivity index (χ3v) is 3.23. The van der Waals surface area contributed by atoms with E-state index in [4.69, 9.17) is 27.4 Å². The lowest BCUT2D eigenvalue weighted by Crippen LogP contribution is -2.54. The van der Waals surface area contributed by atoms with Crippen molar-refractivity contribution < 1.29 is 29.4 Å². The summed E-state index contributed by atoms with van der Waals surface area (Å²) in [5.41, 5.74) is 15.7. The maximum atomic E-state index is 12.2. The number of hydrogen-bond acceptors (Lipinski definition) is 7. The Labute approximate surface area is 155 Å². The zero-order chi connectivity index (χ0) is 21.0. The molecule has 13 heteroatoms. The van der Waals surface area contributed by atoms with E-state index >= 15 is 0 Å². The first-order valence-corrected chi connectivity index (χ1v) is 8.10. The molecule has 0 aliphatic carbocycles. The summed E-state index contributed by atoms with van der Waals surface area (Å²) in [6.07, 6.45) is 0.396. The van der Waals surface area contributed by atoms with E-state index in [9.17, 15) is 19.2 Å². The van der Waals surface area contributed by atoms with Gasteiger partial charge in [0.1, 0.15) is 12.1 Å². The molecule has 0 radical (unpaired) electrons. The van der Waals surface area contributed by atoms with Gasteiger partial charge in [0.15, 0.2) is 5.96 Å². The fourth-order valence-corrected chi connectivity index (χ4v) is 1.80. The smallest absolute Gasteiger partial charge is 0.328 e. The number of guanidine groups is 1. The number of aliphatic hydroxyl groups is 1. The van der Waals surface area contributed by atoms with Crippen LogP contribution in [0.1, 0.15) is 19.8 Å².